The molecule has 0 heterocycles. The lowest BCUT2D eigenvalue weighted by molar-refractivity contribution is -0.384. The van der Waals surface area contributed by atoms with Gasteiger partial charge in [-0.2, -0.15) is 0 Å². The first-order valence-electron chi connectivity index (χ1n) is 6.31. The number of amides is 2. The van der Waals surface area contributed by atoms with E-state index in [0.717, 1.165) is 0 Å². The molecular weight excluding hydrogens is 278 g/mol. The predicted molar refractivity (Wildman–Crippen MR) is 74.8 cm³/mol. The first-order chi connectivity index (χ1) is 9.81. The second kappa shape index (κ2) is 7.22. The van der Waals surface area contributed by atoms with Crippen molar-refractivity contribution in [2.24, 2.45) is 0 Å². The molecule has 0 aliphatic heterocycles. The zero-order valence-corrected chi connectivity index (χ0v) is 11.8. The van der Waals surface area contributed by atoms with E-state index in [1.807, 2.05) is 0 Å². The molecule has 0 unspecified atom stereocenters. The van der Waals surface area contributed by atoms with Gasteiger partial charge in [0, 0.05) is 24.7 Å². The van der Waals surface area contributed by atoms with Crippen molar-refractivity contribution in [3.8, 4) is 0 Å². The van der Waals surface area contributed by atoms with Gasteiger partial charge in [0.2, 0.25) is 0 Å². The van der Waals surface area contributed by atoms with Crippen LogP contribution in [0.4, 0.5) is 10.5 Å². The van der Waals surface area contributed by atoms with Crippen LogP contribution in [-0.2, 0) is 11.3 Å². The molecule has 1 rings (SSSR count). The van der Waals surface area contributed by atoms with Crippen LogP contribution in [0, 0.1) is 10.1 Å². The Hall–Kier alpha value is -2.64. The quantitative estimate of drug-likeness (QED) is 0.611. The highest BCUT2D eigenvalue weighted by Crippen LogP contribution is 2.11. The lowest BCUT2D eigenvalue weighted by Gasteiger charge is -2.25. The number of hydrogen-bond acceptors (Lipinski definition) is 4. The average Bonchev–Trinajstić information content (AvgIpc) is 2.42. The van der Waals surface area contributed by atoms with E-state index < -0.39 is 16.9 Å². The van der Waals surface area contributed by atoms with Crippen molar-refractivity contribution in [2.45, 2.75) is 26.4 Å². The number of urea groups is 1. The SMILES string of the molecule is CC(C)N(CC(=O)O)C(=O)NCc1ccc([N+](=O)[O-])cc1. The maximum absolute atomic E-state index is 11.9. The zero-order chi connectivity index (χ0) is 16.0. The second-order valence-electron chi connectivity index (χ2n) is 4.70. The van der Waals surface area contributed by atoms with Crippen molar-refractivity contribution in [1.29, 1.82) is 0 Å². The fraction of sp³-hybridized carbons (Fsp3) is 0.385. The van der Waals surface area contributed by atoms with Crippen molar-refractivity contribution in [2.75, 3.05) is 6.54 Å². The van der Waals surface area contributed by atoms with Crippen molar-refractivity contribution in [3.05, 3.63) is 39.9 Å². The van der Waals surface area contributed by atoms with Crippen molar-refractivity contribution >= 4 is 17.7 Å². The number of hydrogen-bond donors (Lipinski definition) is 2. The van der Waals surface area contributed by atoms with E-state index in [9.17, 15) is 19.7 Å². The number of carbonyl (C=O) groups is 2. The topological polar surface area (TPSA) is 113 Å². The highest BCUT2D eigenvalue weighted by Gasteiger charge is 2.19. The third kappa shape index (κ3) is 5.09. The first-order valence-corrected chi connectivity index (χ1v) is 6.31. The van der Waals surface area contributed by atoms with E-state index in [-0.39, 0.29) is 24.8 Å². The van der Waals surface area contributed by atoms with E-state index in [1.165, 1.54) is 29.2 Å². The van der Waals surface area contributed by atoms with Crippen LogP contribution in [0.5, 0.6) is 0 Å². The van der Waals surface area contributed by atoms with Crippen LogP contribution in [-0.4, -0.2) is 39.5 Å². The molecule has 1 aromatic carbocycles. The number of aliphatic carboxylic acids is 1. The van der Waals surface area contributed by atoms with Gasteiger partial charge >= 0.3 is 12.0 Å². The minimum absolute atomic E-state index is 0.0280. The molecule has 0 aromatic heterocycles. The number of carboxylic acids is 1. The molecule has 0 saturated carbocycles. The van der Waals surface area contributed by atoms with Crippen LogP contribution < -0.4 is 5.32 Å². The van der Waals surface area contributed by atoms with Crippen LogP contribution in [0.3, 0.4) is 0 Å². The third-order valence-corrected chi connectivity index (χ3v) is 2.78. The van der Waals surface area contributed by atoms with Gasteiger partial charge in [-0.15, -0.1) is 0 Å². The fourth-order valence-corrected chi connectivity index (χ4v) is 1.65. The standard InChI is InChI=1S/C13H17N3O5/c1-9(2)15(8-12(17)18)13(19)14-7-10-3-5-11(6-4-10)16(20)21/h3-6,9H,7-8H2,1-2H3,(H,14,19)(H,17,18). The van der Waals surface area contributed by atoms with Gasteiger partial charge in [-0.05, 0) is 19.4 Å². The third-order valence-electron chi connectivity index (χ3n) is 2.78. The Morgan fingerprint density at radius 1 is 1.33 bits per heavy atom. The molecule has 0 fully saturated rings. The number of nitrogens with zero attached hydrogens (tertiary/aromatic N) is 2. The summed E-state index contributed by atoms with van der Waals surface area (Å²) in [7, 11) is 0. The Labute approximate surface area is 121 Å². The molecule has 8 nitrogen and oxygen atoms in total. The fourth-order valence-electron chi connectivity index (χ4n) is 1.65. The minimum atomic E-state index is -1.09. The summed E-state index contributed by atoms with van der Waals surface area (Å²) in [5.41, 5.74) is 0.660. The lowest BCUT2D eigenvalue weighted by atomic mass is 10.2. The maximum Gasteiger partial charge on any atom is 0.323 e. The van der Waals surface area contributed by atoms with E-state index in [4.69, 9.17) is 5.11 Å². The Bertz CT molecular complexity index is 527. The van der Waals surface area contributed by atoms with Crippen LogP contribution >= 0.6 is 0 Å². The van der Waals surface area contributed by atoms with Gasteiger partial charge in [-0.1, -0.05) is 12.1 Å². The number of rotatable bonds is 6. The van der Waals surface area contributed by atoms with Gasteiger partial charge in [-0.3, -0.25) is 14.9 Å². The summed E-state index contributed by atoms with van der Waals surface area (Å²) in [6.07, 6.45) is 0. The zero-order valence-electron chi connectivity index (χ0n) is 11.8. The number of carbonyl (C=O) groups excluding carboxylic acids is 1. The largest absolute Gasteiger partial charge is 0.480 e. The smallest absolute Gasteiger partial charge is 0.323 e. The van der Waals surface area contributed by atoms with Crippen LogP contribution in [0.25, 0.3) is 0 Å². The molecular formula is C13H17N3O5. The number of nitrogens with one attached hydrogen (secondary N) is 1. The predicted octanol–water partition coefficient (Wildman–Crippen LogP) is 1.60. The molecule has 0 saturated heterocycles. The second-order valence-corrected chi connectivity index (χ2v) is 4.70. The monoisotopic (exact) mass is 295 g/mol. The van der Waals surface area contributed by atoms with Crippen molar-refractivity contribution in [1.82, 2.24) is 10.2 Å². The Morgan fingerprint density at radius 2 is 1.90 bits per heavy atom. The van der Waals surface area contributed by atoms with Gasteiger partial charge in [0.1, 0.15) is 6.54 Å². The summed E-state index contributed by atoms with van der Waals surface area (Å²) in [5, 5.41) is 21.9. The minimum Gasteiger partial charge on any atom is -0.480 e. The van der Waals surface area contributed by atoms with Gasteiger partial charge in [0.15, 0.2) is 0 Å². The number of benzene rings is 1. The van der Waals surface area contributed by atoms with Crippen LogP contribution in [0.2, 0.25) is 0 Å². The highest BCUT2D eigenvalue weighted by atomic mass is 16.6. The summed E-state index contributed by atoms with van der Waals surface area (Å²) >= 11 is 0. The Balaban J connectivity index is 2.62. The number of nitro benzene ring substituents is 1. The number of nitro groups is 1. The maximum atomic E-state index is 11.9. The first kappa shape index (κ1) is 16.4. The lowest BCUT2D eigenvalue weighted by Crippen LogP contribution is -2.46. The van der Waals surface area contributed by atoms with E-state index in [2.05, 4.69) is 5.32 Å². The van der Waals surface area contributed by atoms with Crippen LogP contribution in [0.1, 0.15) is 19.4 Å². The molecule has 0 spiro atoms. The summed E-state index contributed by atoms with van der Waals surface area (Å²) in [4.78, 5) is 33.8. The molecule has 0 atom stereocenters. The summed E-state index contributed by atoms with van der Waals surface area (Å²) in [5.74, 6) is -1.09. The molecule has 8 heteroatoms. The molecule has 114 valence electrons. The van der Waals surface area contributed by atoms with Crippen molar-refractivity contribution < 1.29 is 19.6 Å². The molecule has 0 bridgehead atoms. The van der Waals surface area contributed by atoms with E-state index in [0.29, 0.717) is 5.56 Å². The molecule has 1 aromatic rings. The molecule has 2 N–H and O–H groups in total. The summed E-state index contributed by atoms with van der Waals surface area (Å²) in [6.45, 7) is 3.21. The van der Waals surface area contributed by atoms with Gasteiger partial charge in [-0.25, -0.2) is 4.79 Å². The number of non-ortho nitro benzene ring substituents is 1. The number of carboxylic acid groups (broad SMARTS) is 1. The molecule has 0 radical (unpaired) electrons. The van der Waals surface area contributed by atoms with E-state index >= 15 is 0 Å². The highest BCUT2D eigenvalue weighted by molar-refractivity contribution is 5.80. The van der Waals surface area contributed by atoms with Gasteiger partial charge in [0.25, 0.3) is 5.69 Å². The van der Waals surface area contributed by atoms with Crippen LogP contribution in [0.15, 0.2) is 24.3 Å². The van der Waals surface area contributed by atoms with Crippen molar-refractivity contribution in [3.63, 3.8) is 0 Å². The molecule has 21 heavy (non-hydrogen) atoms. The average molecular weight is 295 g/mol. The van der Waals surface area contributed by atoms with Gasteiger partial charge < -0.3 is 15.3 Å². The Kier molecular flexibility index (Phi) is 5.65. The molecule has 0 aliphatic carbocycles. The van der Waals surface area contributed by atoms with Gasteiger partial charge in [0.05, 0.1) is 4.92 Å². The molecule has 0 aliphatic rings. The Morgan fingerprint density at radius 3 is 2.33 bits per heavy atom. The summed E-state index contributed by atoms with van der Waals surface area (Å²) < 4.78 is 0. The molecule has 2 amide bonds. The summed E-state index contributed by atoms with van der Waals surface area (Å²) in [6, 6.07) is 5.02. The normalized spacial score (nSPS) is 10.2. The van der Waals surface area contributed by atoms with E-state index in [1.54, 1.807) is 13.8 Å².